The highest BCUT2D eigenvalue weighted by atomic mass is 16.5. The van der Waals surface area contributed by atoms with E-state index in [1.165, 1.54) is 5.56 Å². The molecule has 0 radical (unpaired) electrons. The Hall–Kier alpha value is -1.18. The van der Waals surface area contributed by atoms with E-state index >= 15 is 0 Å². The second kappa shape index (κ2) is 3.52. The number of hydrogen-bond acceptors (Lipinski definition) is 2. The van der Waals surface area contributed by atoms with Gasteiger partial charge in [-0.15, -0.1) is 0 Å². The molecule has 76 valence electrons. The molecule has 14 heavy (non-hydrogen) atoms. The zero-order valence-corrected chi connectivity index (χ0v) is 9.00. The molecule has 0 fully saturated rings. The van der Waals surface area contributed by atoms with Crippen molar-refractivity contribution in [2.75, 3.05) is 11.9 Å². The quantitative estimate of drug-likeness (QED) is 0.736. The number of anilines is 1. The third-order valence-electron chi connectivity index (χ3n) is 2.58. The van der Waals surface area contributed by atoms with Crippen LogP contribution >= 0.6 is 0 Å². The molecule has 1 aliphatic rings. The average molecular weight is 191 g/mol. The van der Waals surface area contributed by atoms with Gasteiger partial charge in [-0.25, -0.2) is 0 Å². The molecule has 1 heterocycles. The molecule has 0 saturated carbocycles. The molecular weight excluding hydrogens is 174 g/mol. The van der Waals surface area contributed by atoms with Crippen molar-refractivity contribution >= 4 is 5.69 Å². The third kappa shape index (κ3) is 1.69. The molecule has 2 nitrogen and oxygen atoms in total. The summed E-state index contributed by atoms with van der Waals surface area (Å²) in [5, 5.41) is 3.35. The molecule has 2 heteroatoms. The molecule has 0 aliphatic carbocycles. The first-order valence-electron chi connectivity index (χ1n) is 5.21. The van der Waals surface area contributed by atoms with Crippen molar-refractivity contribution in [3.8, 4) is 5.75 Å². The summed E-state index contributed by atoms with van der Waals surface area (Å²) < 4.78 is 5.76. The van der Waals surface area contributed by atoms with Gasteiger partial charge < -0.3 is 10.1 Å². The van der Waals surface area contributed by atoms with Crippen LogP contribution in [-0.2, 0) is 0 Å². The third-order valence-corrected chi connectivity index (χ3v) is 2.58. The summed E-state index contributed by atoms with van der Waals surface area (Å²) in [4.78, 5) is 0. The second-order valence-corrected chi connectivity index (χ2v) is 4.22. The summed E-state index contributed by atoms with van der Waals surface area (Å²) >= 11 is 0. The first kappa shape index (κ1) is 9.38. The summed E-state index contributed by atoms with van der Waals surface area (Å²) in [6.45, 7) is 7.37. The Morgan fingerprint density at radius 3 is 2.93 bits per heavy atom. The Kier molecular flexibility index (Phi) is 2.36. The predicted molar refractivity (Wildman–Crippen MR) is 59.1 cm³/mol. The number of ether oxygens (including phenoxy) is 1. The lowest BCUT2D eigenvalue weighted by molar-refractivity contribution is 0.226. The fourth-order valence-corrected chi connectivity index (χ4v) is 1.65. The molecule has 1 N–H and O–H groups in total. The standard InChI is InChI=1S/C12H17NO/c1-8(2)10-4-5-11-12(6-10)14-9(3)7-13-11/h4-6,8-9,13H,7H2,1-3H3. The van der Waals surface area contributed by atoms with Gasteiger partial charge in [0.1, 0.15) is 11.9 Å². The number of fused-ring (bicyclic) bond motifs is 1. The number of rotatable bonds is 1. The molecule has 1 atom stereocenters. The highest BCUT2D eigenvalue weighted by molar-refractivity contribution is 5.59. The summed E-state index contributed by atoms with van der Waals surface area (Å²) in [5.41, 5.74) is 2.45. The minimum atomic E-state index is 0.268. The van der Waals surface area contributed by atoms with Crippen molar-refractivity contribution in [1.82, 2.24) is 0 Å². The first-order valence-corrected chi connectivity index (χ1v) is 5.21. The molecular formula is C12H17NO. The van der Waals surface area contributed by atoms with Crippen LogP contribution in [0.1, 0.15) is 32.3 Å². The molecule has 1 unspecified atom stereocenters. The lowest BCUT2D eigenvalue weighted by Gasteiger charge is -2.25. The fraction of sp³-hybridized carbons (Fsp3) is 0.500. The maximum Gasteiger partial charge on any atom is 0.143 e. The number of nitrogens with one attached hydrogen (secondary N) is 1. The first-order chi connectivity index (χ1) is 6.66. The molecule has 0 aromatic heterocycles. The number of hydrogen-bond donors (Lipinski definition) is 1. The smallest absolute Gasteiger partial charge is 0.143 e. The van der Waals surface area contributed by atoms with Crippen LogP contribution in [-0.4, -0.2) is 12.6 Å². The zero-order valence-electron chi connectivity index (χ0n) is 9.00. The molecule has 0 amide bonds. The van der Waals surface area contributed by atoms with Crippen LogP contribution in [0.3, 0.4) is 0 Å². The van der Waals surface area contributed by atoms with Gasteiger partial charge in [0.2, 0.25) is 0 Å². The van der Waals surface area contributed by atoms with Gasteiger partial charge in [0, 0.05) is 0 Å². The van der Waals surface area contributed by atoms with Crippen LogP contribution in [0.2, 0.25) is 0 Å². The summed E-state index contributed by atoms with van der Waals surface area (Å²) in [7, 11) is 0. The summed E-state index contributed by atoms with van der Waals surface area (Å²) in [6, 6.07) is 6.41. The van der Waals surface area contributed by atoms with E-state index in [0.717, 1.165) is 18.0 Å². The van der Waals surface area contributed by atoms with E-state index in [2.05, 4.69) is 44.3 Å². The second-order valence-electron chi connectivity index (χ2n) is 4.22. The van der Waals surface area contributed by atoms with Crippen molar-refractivity contribution in [1.29, 1.82) is 0 Å². The molecule has 2 rings (SSSR count). The number of benzene rings is 1. The SMILES string of the molecule is CC1CNc2ccc(C(C)C)cc2O1. The van der Waals surface area contributed by atoms with Gasteiger partial charge in [-0.3, -0.25) is 0 Å². The largest absolute Gasteiger partial charge is 0.487 e. The molecule has 1 aromatic rings. The van der Waals surface area contributed by atoms with E-state index in [1.54, 1.807) is 0 Å². The molecule has 0 bridgehead atoms. The van der Waals surface area contributed by atoms with E-state index in [9.17, 15) is 0 Å². The van der Waals surface area contributed by atoms with Crippen molar-refractivity contribution in [3.05, 3.63) is 23.8 Å². The van der Waals surface area contributed by atoms with E-state index in [0.29, 0.717) is 5.92 Å². The van der Waals surface area contributed by atoms with E-state index in [1.807, 2.05) is 0 Å². The average Bonchev–Trinajstić information content (AvgIpc) is 2.16. The van der Waals surface area contributed by atoms with Crippen molar-refractivity contribution in [2.45, 2.75) is 32.8 Å². The van der Waals surface area contributed by atoms with Gasteiger partial charge in [0.05, 0.1) is 12.2 Å². The predicted octanol–water partition coefficient (Wildman–Crippen LogP) is 3.00. The van der Waals surface area contributed by atoms with Crippen LogP contribution < -0.4 is 10.1 Å². The minimum Gasteiger partial charge on any atom is -0.487 e. The maximum absolute atomic E-state index is 5.76. The Bertz CT molecular complexity index is 333. The fourth-order valence-electron chi connectivity index (χ4n) is 1.65. The van der Waals surface area contributed by atoms with Crippen molar-refractivity contribution < 1.29 is 4.74 Å². The van der Waals surface area contributed by atoms with E-state index in [-0.39, 0.29) is 6.10 Å². The van der Waals surface area contributed by atoms with Gasteiger partial charge in [0.25, 0.3) is 0 Å². The molecule has 1 aromatic carbocycles. The van der Waals surface area contributed by atoms with Crippen LogP contribution in [0, 0.1) is 0 Å². The van der Waals surface area contributed by atoms with Crippen LogP contribution in [0.25, 0.3) is 0 Å². The Labute approximate surface area is 85.3 Å². The molecule has 0 saturated heterocycles. The van der Waals surface area contributed by atoms with Crippen molar-refractivity contribution in [3.63, 3.8) is 0 Å². The highest BCUT2D eigenvalue weighted by Crippen LogP contribution is 2.32. The lowest BCUT2D eigenvalue weighted by Crippen LogP contribution is -2.27. The van der Waals surface area contributed by atoms with Gasteiger partial charge in [0.15, 0.2) is 0 Å². The lowest BCUT2D eigenvalue weighted by atomic mass is 10.0. The van der Waals surface area contributed by atoms with Gasteiger partial charge in [-0.2, -0.15) is 0 Å². The Morgan fingerprint density at radius 2 is 2.21 bits per heavy atom. The normalized spacial score (nSPS) is 19.9. The van der Waals surface area contributed by atoms with Crippen LogP contribution in [0.5, 0.6) is 5.75 Å². The van der Waals surface area contributed by atoms with Gasteiger partial charge >= 0.3 is 0 Å². The van der Waals surface area contributed by atoms with E-state index in [4.69, 9.17) is 4.74 Å². The van der Waals surface area contributed by atoms with Crippen molar-refractivity contribution in [2.24, 2.45) is 0 Å². The molecule has 0 spiro atoms. The van der Waals surface area contributed by atoms with Gasteiger partial charge in [-0.05, 0) is 30.5 Å². The maximum atomic E-state index is 5.76. The minimum absolute atomic E-state index is 0.268. The monoisotopic (exact) mass is 191 g/mol. The van der Waals surface area contributed by atoms with E-state index < -0.39 is 0 Å². The zero-order chi connectivity index (χ0) is 10.1. The highest BCUT2D eigenvalue weighted by Gasteiger charge is 2.15. The van der Waals surface area contributed by atoms with Crippen LogP contribution in [0.15, 0.2) is 18.2 Å². The molecule has 1 aliphatic heterocycles. The Morgan fingerprint density at radius 1 is 1.43 bits per heavy atom. The summed E-state index contributed by atoms with van der Waals surface area (Å²) in [5.74, 6) is 1.55. The van der Waals surface area contributed by atoms with Gasteiger partial charge in [-0.1, -0.05) is 19.9 Å². The Balaban J connectivity index is 2.33. The topological polar surface area (TPSA) is 21.3 Å². The summed E-state index contributed by atoms with van der Waals surface area (Å²) in [6.07, 6.45) is 0.268. The van der Waals surface area contributed by atoms with Crippen LogP contribution in [0.4, 0.5) is 5.69 Å².